The SMILES string of the molecule is Cl.O=C(CNC1CC1)NCC1CCCC(O)C1. The molecule has 2 aliphatic carbocycles. The van der Waals surface area contributed by atoms with E-state index in [9.17, 15) is 9.90 Å². The summed E-state index contributed by atoms with van der Waals surface area (Å²) in [5, 5.41) is 15.6. The molecule has 0 radical (unpaired) electrons. The largest absolute Gasteiger partial charge is 0.393 e. The van der Waals surface area contributed by atoms with Gasteiger partial charge in [0, 0.05) is 12.6 Å². The Bertz CT molecular complexity index is 247. The van der Waals surface area contributed by atoms with Crippen molar-refractivity contribution in [2.24, 2.45) is 5.92 Å². The minimum Gasteiger partial charge on any atom is -0.393 e. The Balaban J connectivity index is 0.00000144. The van der Waals surface area contributed by atoms with E-state index in [2.05, 4.69) is 10.6 Å². The molecule has 0 aromatic heterocycles. The lowest BCUT2D eigenvalue weighted by atomic mass is 9.87. The van der Waals surface area contributed by atoms with Gasteiger partial charge in [-0.15, -0.1) is 12.4 Å². The molecular formula is C12H23ClN2O2. The Morgan fingerprint density at radius 3 is 2.65 bits per heavy atom. The molecule has 0 bridgehead atoms. The zero-order valence-corrected chi connectivity index (χ0v) is 11.0. The molecule has 2 unspecified atom stereocenters. The van der Waals surface area contributed by atoms with Crippen LogP contribution >= 0.6 is 12.4 Å². The summed E-state index contributed by atoms with van der Waals surface area (Å²) in [7, 11) is 0. The van der Waals surface area contributed by atoms with Crippen LogP contribution in [-0.4, -0.2) is 36.2 Å². The van der Waals surface area contributed by atoms with Gasteiger partial charge in [-0.05, 0) is 38.0 Å². The molecule has 4 nitrogen and oxygen atoms in total. The van der Waals surface area contributed by atoms with Crippen LogP contribution in [-0.2, 0) is 4.79 Å². The summed E-state index contributed by atoms with van der Waals surface area (Å²) in [6.45, 7) is 1.17. The second-order valence-electron chi connectivity index (χ2n) is 5.15. The number of rotatable bonds is 5. The van der Waals surface area contributed by atoms with E-state index < -0.39 is 0 Å². The van der Waals surface area contributed by atoms with Crippen molar-refractivity contribution in [3.05, 3.63) is 0 Å². The van der Waals surface area contributed by atoms with Crippen LogP contribution in [0.15, 0.2) is 0 Å². The van der Waals surface area contributed by atoms with Crippen molar-refractivity contribution in [3.8, 4) is 0 Å². The number of halogens is 1. The second kappa shape index (κ2) is 7.19. The highest BCUT2D eigenvalue weighted by Crippen LogP contribution is 2.23. The Labute approximate surface area is 109 Å². The lowest BCUT2D eigenvalue weighted by Crippen LogP contribution is -2.38. The summed E-state index contributed by atoms with van der Waals surface area (Å²) in [6, 6.07) is 0.585. The van der Waals surface area contributed by atoms with E-state index in [1.54, 1.807) is 0 Å². The summed E-state index contributed by atoms with van der Waals surface area (Å²) in [4.78, 5) is 11.5. The van der Waals surface area contributed by atoms with Gasteiger partial charge in [-0.1, -0.05) is 6.42 Å². The maximum atomic E-state index is 11.5. The van der Waals surface area contributed by atoms with Gasteiger partial charge in [0.05, 0.1) is 12.6 Å². The number of aliphatic hydroxyl groups is 1. The molecule has 100 valence electrons. The zero-order valence-electron chi connectivity index (χ0n) is 10.2. The quantitative estimate of drug-likeness (QED) is 0.688. The lowest BCUT2D eigenvalue weighted by molar-refractivity contribution is -0.120. The van der Waals surface area contributed by atoms with Crippen molar-refractivity contribution in [2.45, 2.75) is 50.7 Å². The molecule has 2 atom stereocenters. The highest BCUT2D eigenvalue weighted by molar-refractivity contribution is 5.85. The van der Waals surface area contributed by atoms with Crippen LogP contribution in [0.25, 0.3) is 0 Å². The molecule has 2 fully saturated rings. The molecule has 0 aromatic rings. The van der Waals surface area contributed by atoms with Crippen molar-refractivity contribution in [3.63, 3.8) is 0 Å². The topological polar surface area (TPSA) is 61.4 Å². The fourth-order valence-corrected chi connectivity index (χ4v) is 2.29. The Kier molecular flexibility index (Phi) is 6.23. The summed E-state index contributed by atoms with van der Waals surface area (Å²) in [6.07, 6.45) is 6.25. The van der Waals surface area contributed by atoms with E-state index in [0.717, 1.165) is 32.2 Å². The number of nitrogens with one attached hydrogen (secondary N) is 2. The van der Waals surface area contributed by atoms with Crippen LogP contribution in [0.1, 0.15) is 38.5 Å². The number of hydrogen-bond donors (Lipinski definition) is 3. The van der Waals surface area contributed by atoms with E-state index in [0.29, 0.717) is 18.5 Å². The predicted octanol–water partition coefficient (Wildman–Crippen LogP) is 0.827. The number of hydrogen-bond acceptors (Lipinski definition) is 3. The number of aliphatic hydroxyl groups excluding tert-OH is 1. The monoisotopic (exact) mass is 262 g/mol. The van der Waals surface area contributed by atoms with Crippen LogP contribution in [0.3, 0.4) is 0 Å². The van der Waals surface area contributed by atoms with Crippen molar-refractivity contribution < 1.29 is 9.90 Å². The third-order valence-corrected chi connectivity index (χ3v) is 3.47. The first-order valence-electron chi connectivity index (χ1n) is 6.42. The van der Waals surface area contributed by atoms with E-state index in [4.69, 9.17) is 0 Å². The first kappa shape index (κ1) is 14.7. The van der Waals surface area contributed by atoms with Gasteiger partial charge in [-0.3, -0.25) is 4.79 Å². The average molecular weight is 263 g/mol. The van der Waals surface area contributed by atoms with Crippen LogP contribution in [0.5, 0.6) is 0 Å². The summed E-state index contributed by atoms with van der Waals surface area (Å²) < 4.78 is 0. The maximum absolute atomic E-state index is 11.5. The maximum Gasteiger partial charge on any atom is 0.233 e. The molecule has 0 saturated heterocycles. The molecule has 3 N–H and O–H groups in total. The Hall–Kier alpha value is -0.320. The molecule has 0 spiro atoms. The van der Waals surface area contributed by atoms with Crippen LogP contribution in [0, 0.1) is 5.92 Å². The van der Waals surface area contributed by atoms with Crippen LogP contribution in [0.2, 0.25) is 0 Å². The van der Waals surface area contributed by atoms with E-state index >= 15 is 0 Å². The molecule has 2 saturated carbocycles. The molecule has 2 aliphatic rings. The van der Waals surface area contributed by atoms with Crippen molar-refractivity contribution in [1.82, 2.24) is 10.6 Å². The minimum absolute atomic E-state index is 0. The van der Waals surface area contributed by atoms with Crippen molar-refractivity contribution in [1.29, 1.82) is 0 Å². The van der Waals surface area contributed by atoms with E-state index in [-0.39, 0.29) is 24.4 Å². The molecule has 0 heterocycles. The third kappa shape index (κ3) is 5.70. The third-order valence-electron chi connectivity index (χ3n) is 3.47. The molecule has 17 heavy (non-hydrogen) atoms. The predicted molar refractivity (Wildman–Crippen MR) is 69.2 cm³/mol. The molecule has 1 amide bonds. The molecule has 5 heteroatoms. The average Bonchev–Trinajstić information content (AvgIpc) is 3.07. The fraction of sp³-hybridized carbons (Fsp3) is 0.917. The molecule has 0 aromatic carbocycles. The molecular weight excluding hydrogens is 240 g/mol. The van der Waals surface area contributed by atoms with Gasteiger partial charge in [0.25, 0.3) is 0 Å². The highest BCUT2D eigenvalue weighted by Gasteiger charge is 2.22. The van der Waals surface area contributed by atoms with Gasteiger partial charge in [-0.2, -0.15) is 0 Å². The highest BCUT2D eigenvalue weighted by atomic mass is 35.5. The van der Waals surface area contributed by atoms with Gasteiger partial charge in [0.1, 0.15) is 0 Å². The van der Waals surface area contributed by atoms with Gasteiger partial charge >= 0.3 is 0 Å². The number of carbonyl (C=O) groups is 1. The van der Waals surface area contributed by atoms with Crippen LogP contribution < -0.4 is 10.6 Å². The summed E-state index contributed by atoms with van der Waals surface area (Å²) in [5.41, 5.74) is 0. The zero-order chi connectivity index (χ0) is 11.4. The summed E-state index contributed by atoms with van der Waals surface area (Å²) in [5.74, 6) is 0.556. The first-order chi connectivity index (χ1) is 7.74. The smallest absolute Gasteiger partial charge is 0.233 e. The van der Waals surface area contributed by atoms with Gasteiger partial charge < -0.3 is 15.7 Å². The molecule has 2 rings (SSSR count). The first-order valence-corrected chi connectivity index (χ1v) is 6.42. The number of amides is 1. The second-order valence-corrected chi connectivity index (χ2v) is 5.15. The summed E-state index contributed by atoms with van der Waals surface area (Å²) >= 11 is 0. The normalized spacial score (nSPS) is 28.3. The minimum atomic E-state index is -0.153. The van der Waals surface area contributed by atoms with Gasteiger partial charge in [0.2, 0.25) is 5.91 Å². The van der Waals surface area contributed by atoms with Crippen molar-refractivity contribution >= 4 is 18.3 Å². The standard InChI is InChI=1S/C12H22N2O2.ClH/c15-11-3-1-2-9(6-11)7-14-12(16)8-13-10-4-5-10;/h9-11,13,15H,1-8H2,(H,14,16);1H. The number of carbonyl (C=O) groups excluding carboxylic acids is 1. The fourth-order valence-electron chi connectivity index (χ4n) is 2.29. The lowest BCUT2D eigenvalue weighted by Gasteiger charge is -2.25. The van der Waals surface area contributed by atoms with E-state index in [1.165, 1.54) is 12.8 Å². The van der Waals surface area contributed by atoms with Gasteiger partial charge in [-0.25, -0.2) is 0 Å². The Morgan fingerprint density at radius 2 is 2.00 bits per heavy atom. The van der Waals surface area contributed by atoms with Crippen LogP contribution in [0.4, 0.5) is 0 Å². The van der Waals surface area contributed by atoms with Crippen molar-refractivity contribution in [2.75, 3.05) is 13.1 Å². The Morgan fingerprint density at radius 1 is 1.24 bits per heavy atom. The van der Waals surface area contributed by atoms with Gasteiger partial charge in [0.15, 0.2) is 0 Å². The molecule has 0 aliphatic heterocycles. The van der Waals surface area contributed by atoms with E-state index in [1.807, 2.05) is 0 Å².